The summed E-state index contributed by atoms with van der Waals surface area (Å²) in [4.78, 5) is 1.51. The summed E-state index contributed by atoms with van der Waals surface area (Å²) >= 11 is 12.7. The topological polar surface area (TPSA) is 12.0 Å². The van der Waals surface area contributed by atoms with Crippen molar-refractivity contribution in [2.75, 3.05) is 5.32 Å². The maximum Gasteiger partial charge on any atom is 0.0705 e. The molecule has 1 atom stereocenters. The third-order valence-corrected chi connectivity index (χ3v) is 6.40. The van der Waals surface area contributed by atoms with E-state index in [1.54, 1.807) is 0 Å². The summed E-state index contributed by atoms with van der Waals surface area (Å²) in [6.45, 7) is 0. The highest BCUT2D eigenvalue weighted by Gasteiger charge is 2.23. The smallest absolute Gasteiger partial charge is 0.0705 e. The van der Waals surface area contributed by atoms with Crippen LogP contribution in [0.2, 0.25) is 0 Å². The van der Waals surface area contributed by atoms with Crippen LogP contribution >= 0.6 is 59.1 Å². The van der Waals surface area contributed by atoms with Gasteiger partial charge in [-0.25, -0.2) is 0 Å². The molecule has 0 bridgehead atoms. The van der Waals surface area contributed by atoms with Crippen LogP contribution in [0.5, 0.6) is 0 Å². The van der Waals surface area contributed by atoms with E-state index in [4.69, 9.17) is 0 Å². The number of hydrogen-bond acceptors (Lipinski definition) is 2. The Bertz CT molecular complexity index is 588. The van der Waals surface area contributed by atoms with Crippen molar-refractivity contribution in [2.24, 2.45) is 0 Å². The van der Waals surface area contributed by atoms with Gasteiger partial charge >= 0.3 is 0 Å². The zero-order valence-corrected chi connectivity index (χ0v) is 15.6. The first-order chi connectivity index (χ1) is 9.15. The third kappa shape index (κ3) is 2.94. The molecule has 1 N–H and O–H groups in total. The molecule has 1 unspecified atom stereocenters. The molecule has 0 fully saturated rings. The molecule has 1 aromatic heterocycles. The van der Waals surface area contributed by atoms with Crippen LogP contribution in [0.3, 0.4) is 0 Å². The van der Waals surface area contributed by atoms with Gasteiger partial charge < -0.3 is 5.32 Å². The number of benzene rings is 1. The zero-order chi connectivity index (χ0) is 13.4. The van der Waals surface area contributed by atoms with Crippen LogP contribution in [0, 0.1) is 0 Å². The lowest BCUT2D eigenvalue weighted by atomic mass is 9.94. The lowest BCUT2D eigenvalue weighted by Gasteiger charge is -2.25. The van der Waals surface area contributed by atoms with Crippen LogP contribution < -0.4 is 5.32 Å². The van der Waals surface area contributed by atoms with Crippen LogP contribution in [0.1, 0.15) is 29.3 Å². The third-order valence-electron chi connectivity index (χ3n) is 3.37. The molecule has 0 radical (unpaired) electrons. The van der Waals surface area contributed by atoms with E-state index in [0.29, 0.717) is 6.04 Å². The summed E-state index contributed by atoms with van der Waals surface area (Å²) in [6, 6.07) is 8.84. The number of rotatable bonds is 2. The van der Waals surface area contributed by atoms with Gasteiger partial charge in [0, 0.05) is 13.8 Å². The number of halogens is 3. The Balaban J connectivity index is 1.92. The Morgan fingerprint density at radius 2 is 1.89 bits per heavy atom. The van der Waals surface area contributed by atoms with Crippen molar-refractivity contribution in [3.05, 3.63) is 47.4 Å². The second-order valence-electron chi connectivity index (χ2n) is 4.61. The first-order valence-electron chi connectivity index (χ1n) is 6.14. The molecule has 1 aliphatic rings. The van der Waals surface area contributed by atoms with Gasteiger partial charge in [-0.2, -0.15) is 0 Å². The van der Waals surface area contributed by atoms with Crippen LogP contribution in [-0.4, -0.2) is 0 Å². The van der Waals surface area contributed by atoms with Gasteiger partial charge in [-0.05, 0) is 90.8 Å². The van der Waals surface area contributed by atoms with Crippen molar-refractivity contribution < 1.29 is 0 Å². The van der Waals surface area contributed by atoms with Gasteiger partial charge in [0.15, 0.2) is 0 Å². The molecule has 1 aliphatic carbocycles. The molecule has 100 valence electrons. The van der Waals surface area contributed by atoms with Crippen LogP contribution in [0.15, 0.2) is 37.0 Å². The van der Waals surface area contributed by atoms with Crippen molar-refractivity contribution in [3.63, 3.8) is 0 Å². The maximum atomic E-state index is 3.68. The number of fused-ring (bicyclic) bond motifs is 1. The van der Waals surface area contributed by atoms with Gasteiger partial charge in [0.05, 0.1) is 15.5 Å². The Morgan fingerprint density at radius 3 is 2.63 bits per heavy atom. The number of aryl methyl sites for hydroxylation is 1. The summed E-state index contributed by atoms with van der Waals surface area (Å²) in [7, 11) is 0. The highest BCUT2D eigenvalue weighted by atomic mass is 79.9. The molecule has 1 nitrogen and oxygen atoms in total. The lowest BCUT2D eigenvalue weighted by molar-refractivity contribution is 0.608. The Kier molecular flexibility index (Phi) is 4.37. The number of thiophene rings is 1. The van der Waals surface area contributed by atoms with Crippen LogP contribution in [0.25, 0.3) is 0 Å². The average Bonchev–Trinajstić information content (AvgIpc) is 2.75. The Hall–Kier alpha value is 0.160. The number of nitrogens with one attached hydrogen (secondary N) is 1. The molecular formula is C14H12Br3NS. The minimum Gasteiger partial charge on any atom is -0.376 e. The zero-order valence-electron chi connectivity index (χ0n) is 10.1. The summed E-state index contributed by atoms with van der Waals surface area (Å²) in [5.41, 5.74) is 2.59. The van der Waals surface area contributed by atoms with Crippen LogP contribution in [0.4, 0.5) is 5.69 Å². The molecule has 19 heavy (non-hydrogen) atoms. The molecule has 1 aromatic carbocycles. The molecule has 2 aromatic rings. The molecule has 0 saturated heterocycles. The van der Waals surface area contributed by atoms with Crippen molar-refractivity contribution >= 4 is 64.8 Å². The Morgan fingerprint density at radius 1 is 1.16 bits per heavy atom. The lowest BCUT2D eigenvalue weighted by Crippen LogP contribution is -2.16. The van der Waals surface area contributed by atoms with Gasteiger partial charge in [-0.3, -0.25) is 0 Å². The number of para-hydroxylation sites is 1. The van der Waals surface area contributed by atoms with E-state index in [0.717, 1.165) is 14.6 Å². The highest BCUT2D eigenvalue weighted by Crippen LogP contribution is 2.41. The summed E-state index contributed by atoms with van der Waals surface area (Å²) in [5.74, 6) is 0. The van der Waals surface area contributed by atoms with E-state index in [2.05, 4.69) is 71.3 Å². The van der Waals surface area contributed by atoms with Crippen LogP contribution in [-0.2, 0) is 6.42 Å². The van der Waals surface area contributed by atoms with Gasteiger partial charge in [-0.1, -0.05) is 6.07 Å². The van der Waals surface area contributed by atoms with Gasteiger partial charge in [0.25, 0.3) is 0 Å². The van der Waals surface area contributed by atoms with E-state index in [9.17, 15) is 0 Å². The van der Waals surface area contributed by atoms with Gasteiger partial charge in [-0.15, -0.1) is 11.3 Å². The Labute approximate surface area is 142 Å². The van der Waals surface area contributed by atoms with Crippen molar-refractivity contribution in [1.82, 2.24) is 0 Å². The minimum absolute atomic E-state index is 0.404. The average molecular weight is 466 g/mol. The van der Waals surface area contributed by atoms with Gasteiger partial charge in [0.2, 0.25) is 0 Å². The molecule has 0 saturated carbocycles. The van der Waals surface area contributed by atoms with Gasteiger partial charge in [0.1, 0.15) is 0 Å². The standard InChI is InChI=1S/C14H12Br3NS/c15-9-3-1-4-10(16)14(9)18-11-5-2-6-12-8(11)7-13(17)19-12/h1,3-4,7,11,18H,2,5-6H2. The SMILES string of the molecule is Brc1cc2c(s1)CCCC2Nc1c(Br)cccc1Br. The fourth-order valence-corrected chi connectivity index (χ4v) is 5.53. The van der Waals surface area contributed by atoms with E-state index in [1.165, 1.54) is 33.5 Å². The first-order valence-corrected chi connectivity index (χ1v) is 9.33. The van der Waals surface area contributed by atoms with E-state index in [1.807, 2.05) is 17.4 Å². The quantitative estimate of drug-likeness (QED) is 0.532. The minimum atomic E-state index is 0.404. The van der Waals surface area contributed by atoms with E-state index < -0.39 is 0 Å². The van der Waals surface area contributed by atoms with E-state index in [-0.39, 0.29) is 0 Å². The molecule has 3 rings (SSSR count). The predicted molar refractivity (Wildman–Crippen MR) is 93.2 cm³/mol. The normalized spacial score (nSPS) is 18.2. The number of hydrogen-bond donors (Lipinski definition) is 1. The summed E-state index contributed by atoms with van der Waals surface area (Å²) in [6.07, 6.45) is 3.64. The fourth-order valence-electron chi connectivity index (χ4n) is 2.48. The summed E-state index contributed by atoms with van der Waals surface area (Å²) < 4.78 is 3.43. The molecular weight excluding hydrogens is 454 g/mol. The van der Waals surface area contributed by atoms with Crippen molar-refractivity contribution in [2.45, 2.75) is 25.3 Å². The molecule has 5 heteroatoms. The maximum absolute atomic E-state index is 3.68. The molecule has 0 aliphatic heterocycles. The largest absolute Gasteiger partial charge is 0.376 e. The molecule has 0 amide bonds. The first kappa shape index (κ1) is 14.1. The van der Waals surface area contributed by atoms with Crippen molar-refractivity contribution in [3.8, 4) is 0 Å². The monoisotopic (exact) mass is 463 g/mol. The van der Waals surface area contributed by atoms with Crippen molar-refractivity contribution in [1.29, 1.82) is 0 Å². The number of anilines is 1. The second kappa shape index (κ2) is 5.88. The molecule has 1 heterocycles. The fraction of sp³-hybridized carbons (Fsp3) is 0.286. The highest BCUT2D eigenvalue weighted by molar-refractivity contribution is 9.11. The molecule has 0 spiro atoms. The predicted octanol–water partition coefficient (Wildman–Crippen LogP) is 6.53. The summed E-state index contributed by atoms with van der Waals surface area (Å²) in [5, 5.41) is 3.68. The second-order valence-corrected chi connectivity index (χ2v) is 8.84. The van der Waals surface area contributed by atoms with E-state index >= 15 is 0 Å².